The SMILES string of the molecule is CC(=O)NCCC(O)(C(F)(F)F)C(F)(F)F. The van der Waals surface area contributed by atoms with Crippen molar-refractivity contribution >= 4 is 5.91 Å². The minimum atomic E-state index is -5.84. The molecule has 2 N–H and O–H groups in total. The van der Waals surface area contributed by atoms with Crippen LogP contribution in [0.25, 0.3) is 0 Å². The Bertz CT molecular complexity index is 245. The van der Waals surface area contributed by atoms with Gasteiger partial charge in [-0.2, -0.15) is 26.3 Å². The fourth-order valence-corrected chi connectivity index (χ4v) is 0.864. The molecule has 0 bridgehead atoms. The van der Waals surface area contributed by atoms with E-state index in [2.05, 4.69) is 0 Å². The Morgan fingerprint density at radius 1 is 1.12 bits per heavy atom. The van der Waals surface area contributed by atoms with Gasteiger partial charge in [0.1, 0.15) is 0 Å². The molecule has 9 heteroatoms. The molecule has 0 aromatic heterocycles. The van der Waals surface area contributed by atoms with E-state index in [0.717, 1.165) is 6.92 Å². The Labute approximate surface area is 86.4 Å². The Hall–Kier alpha value is -0.990. The lowest BCUT2D eigenvalue weighted by molar-refractivity contribution is -0.369. The first-order chi connectivity index (χ1) is 6.92. The number of amides is 1. The van der Waals surface area contributed by atoms with Gasteiger partial charge in [0.15, 0.2) is 0 Å². The van der Waals surface area contributed by atoms with Gasteiger partial charge in [-0.05, 0) is 0 Å². The molecule has 3 nitrogen and oxygen atoms in total. The van der Waals surface area contributed by atoms with Crippen LogP contribution in [0.4, 0.5) is 26.3 Å². The number of rotatable bonds is 3. The van der Waals surface area contributed by atoms with Crippen LogP contribution in [0.3, 0.4) is 0 Å². The zero-order valence-corrected chi connectivity index (χ0v) is 8.04. The predicted molar refractivity (Wildman–Crippen MR) is 40.4 cm³/mol. The summed E-state index contributed by atoms with van der Waals surface area (Å²) in [5, 5.41) is 10.3. The summed E-state index contributed by atoms with van der Waals surface area (Å²) in [6.07, 6.45) is -13.4. The second kappa shape index (κ2) is 4.48. The molecule has 0 saturated carbocycles. The number of carbonyl (C=O) groups is 1. The van der Waals surface area contributed by atoms with Crippen LogP contribution in [0.5, 0.6) is 0 Å². The lowest BCUT2D eigenvalue weighted by Crippen LogP contribution is -2.58. The van der Waals surface area contributed by atoms with E-state index in [9.17, 15) is 31.1 Å². The van der Waals surface area contributed by atoms with Gasteiger partial charge in [-0.1, -0.05) is 0 Å². The lowest BCUT2D eigenvalue weighted by atomic mass is 9.98. The van der Waals surface area contributed by atoms with E-state index in [4.69, 9.17) is 5.11 Å². The summed E-state index contributed by atoms with van der Waals surface area (Å²) >= 11 is 0. The van der Waals surface area contributed by atoms with Crippen LogP contribution < -0.4 is 5.32 Å². The van der Waals surface area contributed by atoms with E-state index in [1.165, 1.54) is 0 Å². The standard InChI is InChI=1S/C7H9F6NO2/c1-4(15)14-3-2-5(16,6(8,9)10)7(11,12)13/h16H,2-3H2,1H3,(H,14,15). The van der Waals surface area contributed by atoms with Gasteiger partial charge in [0.2, 0.25) is 5.91 Å². The van der Waals surface area contributed by atoms with Crippen molar-refractivity contribution in [2.24, 2.45) is 0 Å². The highest BCUT2D eigenvalue weighted by Crippen LogP contribution is 2.44. The van der Waals surface area contributed by atoms with E-state index in [1.54, 1.807) is 5.32 Å². The van der Waals surface area contributed by atoms with E-state index < -0.39 is 36.8 Å². The maximum atomic E-state index is 12.0. The molecule has 16 heavy (non-hydrogen) atoms. The van der Waals surface area contributed by atoms with E-state index in [0.29, 0.717) is 0 Å². The molecule has 0 aliphatic carbocycles. The molecule has 0 fully saturated rings. The summed E-state index contributed by atoms with van der Waals surface area (Å²) in [6, 6.07) is 0. The predicted octanol–water partition coefficient (Wildman–Crippen LogP) is 1.37. The zero-order chi connectivity index (χ0) is 13.2. The molecule has 0 atom stereocenters. The molecule has 96 valence electrons. The summed E-state index contributed by atoms with van der Waals surface area (Å²) in [5.74, 6) is -0.785. The summed E-state index contributed by atoms with van der Waals surface area (Å²) in [4.78, 5) is 10.3. The molecule has 0 aliphatic heterocycles. The Morgan fingerprint density at radius 3 is 1.75 bits per heavy atom. The van der Waals surface area contributed by atoms with Gasteiger partial charge in [0, 0.05) is 19.9 Å². The van der Waals surface area contributed by atoms with E-state index in [-0.39, 0.29) is 0 Å². The molecule has 0 heterocycles. The van der Waals surface area contributed by atoms with Crippen molar-refractivity contribution in [2.45, 2.75) is 31.3 Å². The van der Waals surface area contributed by atoms with Crippen LogP contribution in [-0.4, -0.2) is 35.5 Å². The highest BCUT2D eigenvalue weighted by molar-refractivity contribution is 5.72. The smallest absolute Gasteiger partial charge is 0.374 e. The first kappa shape index (κ1) is 15.0. The van der Waals surface area contributed by atoms with Crippen molar-refractivity contribution in [2.75, 3.05) is 6.54 Å². The van der Waals surface area contributed by atoms with Gasteiger partial charge in [-0.15, -0.1) is 0 Å². The number of hydrogen-bond acceptors (Lipinski definition) is 2. The average molecular weight is 253 g/mol. The molecule has 1 amide bonds. The third kappa shape index (κ3) is 3.26. The van der Waals surface area contributed by atoms with Crippen molar-refractivity contribution < 1.29 is 36.2 Å². The molecule has 0 saturated heterocycles. The highest BCUT2D eigenvalue weighted by atomic mass is 19.4. The third-order valence-electron chi connectivity index (χ3n) is 1.80. The molecule has 0 unspecified atom stereocenters. The van der Waals surface area contributed by atoms with Crippen molar-refractivity contribution in [1.29, 1.82) is 0 Å². The van der Waals surface area contributed by atoms with Gasteiger partial charge < -0.3 is 10.4 Å². The second-order valence-electron chi connectivity index (χ2n) is 3.09. The fraction of sp³-hybridized carbons (Fsp3) is 0.857. The van der Waals surface area contributed by atoms with Crippen LogP contribution in [-0.2, 0) is 4.79 Å². The van der Waals surface area contributed by atoms with Crippen molar-refractivity contribution in [3.8, 4) is 0 Å². The topological polar surface area (TPSA) is 49.3 Å². The van der Waals surface area contributed by atoms with Crippen LogP contribution in [0, 0.1) is 0 Å². The van der Waals surface area contributed by atoms with Crippen LogP contribution in [0.15, 0.2) is 0 Å². The van der Waals surface area contributed by atoms with Gasteiger partial charge in [0.05, 0.1) is 0 Å². The Balaban J connectivity index is 4.78. The molecule has 0 spiro atoms. The summed E-state index contributed by atoms with van der Waals surface area (Å²) < 4.78 is 72.3. The van der Waals surface area contributed by atoms with Crippen molar-refractivity contribution in [3.63, 3.8) is 0 Å². The monoisotopic (exact) mass is 253 g/mol. The molecule has 0 aromatic carbocycles. The highest BCUT2D eigenvalue weighted by Gasteiger charge is 2.69. The zero-order valence-electron chi connectivity index (χ0n) is 8.04. The Kier molecular flexibility index (Phi) is 4.20. The van der Waals surface area contributed by atoms with E-state index in [1.807, 2.05) is 0 Å². The maximum Gasteiger partial charge on any atom is 0.426 e. The largest absolute Gasteiger partial charge is 0.426 e. The minimum Gasteiger partial charge on any atom is -0.374 e. The van der Waals surface area contributed by atoms with Crippen molar-refractivity contribution in [3.05, 3.63) is 0 Å². The number of halogens is 6. The molecule has 0 radical (unpaired) electrons. The normalized spacial score (nSPS) is 13.8. The van der Waals surface area contributed by atoms with Crippen LogP contribution in [0.2, 0.25) is 0 Å². The van der Waals surface area contributed by atoms with Gasteiger partial charge in [-0.3, -0.25) is 4.79 Å². The second-order valence-corrected chi connectivity index (χ2v) is 3.09. The molecular weight excluding hydrogens is 244 g/mol. The average Bonchev–Trinajstić information content (AvgIpc) is 1.98. The van der Waals surface area contributed by atoms with Crippen LogP contribution in [0.1, 0.15) is 13.3 Å². The molecule has 0 rings (SSSR count). The first-order valence-electron chi connectivity index (χ1n) is 4.02. The number of alkyl halides is 6. The number of hydrogen-bond donors (Lipinski definition) is 2. The summed E-state index contributed by atoms with van der Waals surface area (Å²) in [7, 11) is 0. The maximum absolute atomic E-state index is 12.0. The molecule has 0 aliphatic rings. The fourth-order valence-electron chi connectivity index (χ4n) is 0.864. The molecule has 0 aromatic rings. The van der Waals surface area contributed by atoms with E-state index >= 15 is 0 Å². The molecular formula is C7H9F6NO2. The Morgan fingerprint density at radius 2 is 1.50 bits per heavy atom. The summed E-state index contributed by atoms with van der Waals surface area (Å²) in [6.45, 7) is 0.00504. The third-order valence-corrected chi connectivity index (χ3v) is 1.80. The minimum absolute atomic E-state index is 0.785. The number of aliphatic hydroxyl groups is 1. The van der Waals surface area contributed by atoms with Crippen molar-refractivity contribution in [1.82, 2.24) is 5.32 Å². The number of carbonyl (C=O) groups excluding carboxylic acids is 1. The van der Waals surface area contributed by atoms with Gasteiger partial charge in [0.25, 0.3) is 5.60 Å². The quantitative estimate of drug-likeness (QED) is 0.746. The number of nitrogens with one attached hydrogen (secondary N) is 1. The van der Waals surface area contributed by atoms with Gasteiger partial charge in [-0.25, -0.2) is 0 Å². The summed E-state index contributed by atoms with van der Waals surface area (Å²) in [5.41, 5.74) is -4.80. The first-order valence-corrected chi connectivity index (χ1v) is 4.02. The van der Waals surface area contributed by atoms with Crippen LogP contribution >= 0.6 is 0 Å². The lowest BCUT2D eigenvalue weighted by Gasteiger charge is -2.32. The van der Waals surface area contributed by atoms with Gasteiger partial charge >= 0.3 is 12.4 Å².